The Morgan fingerprint density at radius 1 is 1.40 bits per heavy atom. The van der Waals surface area contributed by atoms with E-state index in [1.165, 1.54) is 11.8 Å². The van der Waals surface area contributed by atoms with Gasteiger partial charge >= 0.3 is 0 Å². The third kappa shape index (κ3) is 5.23. The number of ether oxygens (including phenoxy) is 1. The number of hydrogen-bond acceptors (Lipinski definition) is 2. The largest absolute Gasteiger partial charge is 0.500 e. The molecule has 0 radical (unpaired) electrons. The molecule has 1 rings (SSSR count). The normalized spacial score (nSPS) is 12.1. The first-order chi connectivity index (χ1) is 7.33. The van der Waals surface area contributed by atoms with E-state index < -0.39 is 0 Å². The zero-order chi connectivity index (χ0) is 10.9. The number of hydrogen-bond donors (Lipinski definition) is 1. The quantitative estimate of drug-likeness (QED) is 0.545. The van der Waals surface area contributed by atoms with E-state index in [1.54, 1.807) is 0 Å². The summed E-state index contributed by atoms with van der Waals surface area (Å²) in [6, 6.07) is 11.0. The molecule has 82 valence electrons. The molecule has 0 heterocycles. The van der Waals surface area contributed by atoms with Crippen molar-refractivity contribution >= 4 is 0 Å². The third-order valence-electron chi connectivity index (χ3n) is 2.22. The van der Waals surface area contributed by atoms with Gasteiger partial charge in [-0.05, 0) is 18.9 Å². The summed E-state index contributed by atoms with van der Waals surface area (Å²) in [4.78, 5) is 0. The molecule has 0 amide bonds. The van der Waals surface area contributed by atoms with E-state index >= 15 is 0 Å². The summed E-state index contributed by atoms with van der Waals surface area (Å²) in [6.45, 7) is 7.22. The van der Waals surface area contributed by atoms with E-state index in [2.05, 4.69) is 43.1 Å². The molecule has 1 unspecified atom stereocenters. The van der Waals surface area contributed by atoms with Gasteiger partial charge in [0.2, 0.25) is 0 Å². The standard InChI is InChI=1S/C13H19NO/c1-3-15-10-9-14-12(2)11-13-7-5-4-6-8-13/h3-8,12,14H,1,9-11H2,2H3. The summed E-state index contributed by atoms with van der Waals surface area (Å²) in [7, 11) is 0. The average Bonchev–Trinajstić information content (AvgIpc) is 2.26. The molecule has 2 heteroatoms. The highest BCUT2D eigenvalue weighted by Gasteiger charge is 2.01. The lowest BCUT2D eigenvalue weighted by Crippen LogP contribution is -2.30. The van der Waals surface area contributed by atoms with Gasteiger partial charge in [-0.3, -0.25) is 0 Å². The van der Waals surface area contributed by atoms with Gasteiger partial charge < -0.3 is 10.1 Å². The smallest absolute Gasteiger partial charge is 0.0997 e. The van der Waals surface area contributed by atoms with Crippen LogP contribution in [0.3, 0.4) is 0 Å². The molecule has 0 saturated carbocycles. The zero-order valence-electron chi connectivity index (χ0n) is 9.28. The van der Waals surface area contributed by atoms with Gasteiger partial charge in [-0.25, -0.2) is 0 Å². The molecule has 0 aliphatic heterocycles. The Morgan fingerprint density at radius 3 is 2.80 bits per heavy atom. The van der Waals surface area contributed by atoms with Crippen molar-refractivity contribution in [3.05, 3.63) is 48.7 Å². The van der Waals surface area contributed by atoms with Crippen molar-refractivity contribution < 1.29 is 4.74 Å². The first-order valence-electron chi connectivity index (χ1n) is 5.32. The van der Waals surface area contributed by atoms with Gasteiger partial charge in [-0.2, -0.15) is 0 Å². The summed E-state index contributed by atoms with van der Waals surface area (Å²) in [6.07, 6.45) is 2.53. The molecule has 1 aromatic rings. The first kappa shape index (κ1) is 11.8. The highest BCUT2D eigenvalue weighted by Crippen LogP contribution is 2.02. The second-order valence-corrected chi connectivity index (χ2v) is 3.58. The van der Waals surface area contributed by atoms with E-state index in [-0.39, 0.29) is 0 Å². The molecular formula is C13H19NO. The molecule has 0 spiro atoms. The van der Waals surface area contributed by atoms with Crippen LogP contribution in [0, 0.1) is 0 Å². The molecule has 1 N–H and O–H groups in total. The van der Waals surface area contributed by atoms with Gasteiger partial charge in [0.25, 0.3) is 0 Å². The fourth-order valence-electron chi connectivity index (χ4n) is 1.49. The Hall–Kier alpha value is -1.28. The van der Waals surface area contributed by atoms with Crippen LogP contribution in [0.4, 0.5) is 0 Å². The minimum absolute atomic E-state index is 0.473. The topological polar surface area (TPSA) is 21.3 Å². The van der Waals surface area contributed by atoms with Gasteiger partial charge in [0.15, 0.2) is 0 Å². The molecule has 0 fully saturated rings. The molecule has 1 aromatic carbocycles. The molecule has 1 atom stereocenters. The van der Waals surface area contributed by atoms with Crippen molar-refractivity contribution in [3.63, 3.8) is 0 Å². The Labute approximate surface area is 92.0 Å². The van der Waals surface area contributed by atoms with Crippen LogP contribution >= 0.6 is 0 Å². The molecule has 0 aliphatic rings. The molecule has 0 saturated heterocycles. The Morgan fingerprint density at radius 2 is 2.13 bits per heavy atom. The average molecular weight is 205 g/mol. The van der Waals surface area contributed by atoms with Crippen molar-refractivity contribution in [1.29, 1.82) is 0 Å². The van der Waals surface area contributed by atoms with E-state index in [0.29, 0.717) is 12.6 Å². The van der Waals surface area contributed by atoms with Crippen LogP contribution < -0.4 is 5.32 Å². The van der Waals surface area contributed by atoms with E-state index in [0.717, 1.165) is 13.0 Å². The van der Waals surface area contributed by atoms with Crippen molar-refractivity contribution in [3.8, 4) is 0 Å². The lowest BCUT2D eigenvalue weighted by Gasteiger charge is -2.13. The van der Waals surface area contributed by atoms with Crippen LogP contribution in [0.1, 0.15) is 12.5 Å². The predicted octanol–water partition coefficient (Wildman–Crippen LogP) is 2.37. The van der Waals surface area contributed by atoms with E-state index in [1.807, 2.05) is 6.07 Å². The van der Waals surface area contributed by atoms with Crippen LogP contribution in [0.15, 0.2) is 43.2 Å². The zero-order valence-corrected chi connectivity index (χ0v) is 9.28. The number of nitrogens with one attached hydrogen (secondary N) is 1. The van der Waals surface area contributed by atoms with Crippen molar-refractivity contribution in [1.82, 2.24) is 5.32 Å². The second kappa shape index (κ2) is 7.07. The van der Waals surface area contributed by atoms with Crippen LogP contribution in [-0.4, -0.2) is 19.2 Å². The SMILES string of the molecule is C=COCCNC(C)Cc1ccccc1. The van der Waals surface area contributed by atoms with Crippen molar-refractivity contribution in [2.45, 2.75) is 19.4 Å². The molecule has 0 bridgehead atoms. The highest BCUT2D eigenvalue weighted by molar-refractivity contribution is 5.15. The molecule has 0 aromatic heterocycles. The molecule has 15 heavy (non-hydrogen) atoms. The van der Waals surface area contributed by atoms with Gasteiger partial charge in [-0.15, -0.1) is 0 Å². The van der Waals surface area contributed by atoms with Gasteiger partial charge in [-0.1, -0.05) is 36.9 Å². The van der Waals surface area contributed by atoms with Crippen LogP contribution in [-0.2, 0) is 11.2 Å². The van der Waals surface area contributed by atoms with Crippen LogP contribution in [0.2, 0.25) is 0 Å². The fourth-order valence-corrected chi connectivity index (χ4v) is 1.49. The number of benzene rings is 1. The minimum Gasteiger partial charge on any atom is -0.500 e. The number of rotatable bonds is 7. The monoisotopic (exact) mass is 205 g/mol. The second-order valence-electron chi connectivity index (χ2n) is 3.58. The summed E-state index contributed by atoms with van der Waals surface area (Å²) >= 11 is 0. The van der Waals surface area contributed by atoms with E-state index in [9.17, 15) is 0 Å². The van der Waals surface area contributed by atoms with Crippen LogP contribution in [0.25, 0.3) is 0 Å². The molecular weight excluding hydrogens is 186 g/mol. The fraction of sp³-hybridized carbons (Fsp3) is 0.385. The van der Waals surface area contributed by atoms with Crippen molar-refractivity contribution in [2.24, 2.45) is 0 Å². The predicted molar refractivity (Wildman–Crippen MR) is 63.8 cm³/mol. The van der Waals surface area contributed by atoms with Gasteiger partial charge in [0, 0.05) is 12.6 Å². The highest BCUT2D eigenvalue weighted by atomic mass is 16.5. The maximum atomic E-state index is 5.04. The Balaban J connectivity index is 2.18. The lowest BCUT2D eigenvalue weighted by atomic mass is 10.1. The first-order valence-corrected chi connectivity index (χ1v) is 5.32. The summed E-state index contributed by atoms with van der Waals surface area (Å²) in [5.41, 5.74) is 1.36. The van der Waals surface area contributed by atoms with Crippen molar-refractivity contribution in [2.75, 3.05) is 13.2 Å². The molecule has 2 nitrogen and oxygen atoms in total. The lowest BCUT2D eigenvalue weighted by molar-refractivity contribution is 0.245. The maximum absolute atomic E-state index is 5.04. The molecule has 0 aliphatic carbocycles. The minimum atomic E-state index is 0.473. The van der Waals surface area contributed by atoms with Crippen LogP contribution in [0.5, 0.6) is 0 Å². The summed E-state index contributed by atoms with van der Waals surface area (Å²) in [5, 5.41) is 3.39. The van der Waals surface area contributed by atoms with Gasteiger partial charge in [0.05, 0.1) is 12.9 Å². The summed E-state index contributed by atoms with van der Waals surface area (Å²) < 4.78 is 5.04. The third-order valence-corrected chi connectivity index (χ3v) is 2.22. The Kier molecular flexibility index (Phi) is 5.56. The Bertz CT molecular complexity index is 271. The van der Waals surface area contributed by atoms with E-state index in [4.69, 9.17) is 4.74 Å². The maximum Gasteiger partial charge on any atom is 0.0997 e. The summed E-state index contributed by atoms with van der Waals surface area (Å²) in [5.74, 6) is 0. The van der Waals surface area contributed by atoms with Gasteiger partial charge in [0.1, 0.15) is 0 Å².